The molecule has 1 saturated heterocycles. The summed E-state index contributed by atoms with van der Waals surface area (Å²) in [5, 5.41) is 10.2. The van der Waals surface area contributed by atoms with Gasteiger partial charge in [0.05, 0.1) is 0 Å². The molecular formula is C14H16Cl4O10. The molecule has 1 N–H and O–H groups in total. The third-order valence-electron chi connectivity index (χ3n) is 3.26. The summed E-state index contributed by atoms with van der Waals surface area (Å²) in [5.74, 6) is -5.94. The van der Waals surface area contributed by atoms with Crippen LogP contribution in [0.25, 0.3) is 0 Å². The van der Waals surface area contributed by atoms with E-state index in [1.807, 2.05) is 0 Å². The molecule has 0 aliphatic carbocycles. The standard InChI is InChI=1S/C14H16Cl4O10/c15-1-7(19)24-5-6-11(26-8(20)2-16)12(27-9(21)3-17)13(14(23)25-6)28-10(22)4-18/h6,11-14,23H,1-5H2/t6?,11?,12-,13+,14+/m0/s1. The van der Waals surface area contributed by atoms with Gasteiger partial charge in [-0.3, -0.25) is 19.2 Å². The highest BCUT2D eigenvalue weighted by Crippen LogP contribution is 2.28. The van der Waals surface area contributed by atoms with E-state index >= 15 is 0 Å². The summed E-state index contributed by atoms with van der Waals surface area (Å²) in [6.07, 6.45) is -7.81. The van der Waals surface area contributed by atoms with E-state index in [2.05, 4.69) is 0 Å². The molecule has 1 heterocycles. The lowest BCUT2D eigenvalue weighted by atomic mass is 9.98. The van der Waals surface area contributed by atoms with Crippen molar-refractivity contribution in [1.29, 1.82) is 0 Å². The molecule has 0 aromatic heterocycles. The lowest BCUT2D eigenvalue weighted by Crippen LogP contribution is -2.62. The number of aliphatic hydroxyl groups is 1. The van der Waals surface area contributed by atoms with Gasteiger partial charge in [-0.15, -0.1) is 46.4 Å². The van der Waals surface area contributed by atoms with Crippen molar-refractivity contribution in [1.82, 2.24) is 0 Å². The molecule has 10 nitrogen and oxygen atoms in total. The maximum atomic E-state index is 11.7. The van der Waals surface area contributed by atoms with Crippen LogP contribution in [-0.2, 0) is 42.9 Å². The van der Waals surface area contributed by atoms with Crippen molar-refractivity contribution in [2.75, 3.05) is 30.1 Å². The molecule has 0 radical (unpaired) electrons. The van der Waals surface area contributed by atoms with Gasteiger partial charge in [0.1, 0.15) is 36.2 Å². The second-order valence-electron chi connectivity index (χ2n) is 5.15. The number of ether oxygens (including phenoxy) is 5. The zero-order chi connectivity index (χ0) is 21.3. The topological polar surface area (TPSA) is 135 Å². The molecular weight excluding hydrogens is 470 g/mol. The molecule has 28 heavy (non-hydrogen) atoms. The Hall–Kier alpha value is -1.04. The van der Waals surface area contributed by atoms with Gasteiger partial charge in [0.25, 0.3) is 0 Å². The third kappa shape index (κ3) is 7.41. The number of halogens is 4. The van der Waals surface area contributed by atoms with Gasteiger partial charge in [0.2, 0.25) is 0 Å². The fraction of sp³-hybridized carbons (Fsp3) is 0.714. The van der Waals surface area contributed by atoms with Crippen LogP contribution in [0.4, 0.5) is 0 Å². The molecule has 160 valence electrons. The smallest absolute Gasteiger partial charge is 0.321 e. The Kier molecular flexibility index (Phi) is 11.2. The Bertz CT molecular complexity index is 574. The van der Waals surface area contributed by atoms with Gasteiger partial charge in [0.15, 0.2) is 24.6 Å². The molecule has 0 aromatic carbocycles. The molecule has 1 fully saturated rings. The van der Waals surface area contributed by atoms with E-state index in [0.717, 1.165) is 0 Å². The quantitative estimate of drug-likeness (QED) is 0.268. The number of hydrogen-bond donors (Lipinski definition) is 1. The fourth-order valence-corrected chi connectivity index (χ4v) is 2.46. The highest BCUT2D eigenvalue weighted by atomic mass is 35.5. The molecule has 1 aliphatic rings. The molecule has 0 amide bonds. The van der Waals surface area contributed by atoms with Gasteiger partial charge < -0.3 is 28.8 Å². The number of carbonyl (C=O) groups excluding carboxylic acids is 4. The molecule has 14 heteroatoms. The molecule has 1 aliphatic heterocycles. The predicted molar refractivity (Wildman–Crippen MR) is 94.4 cm³/mol. The van der Waals surface area contributed by atoms with Crippen LogP contribution < -0.4 is 0 Å². The summed E-state index contributed by atoms with van der Waals surface area (Å²) >= 11 is 21.5. The number of aliphatic hydroxyl groups excluding tert-OH is 1. The van der Waals surface area contributed by atoms with Crippen molar-refractivity contribution in [2.24, 2.45) is 0 Å². The van der Waals surface area contributed by atoms with Crippen molar-refractivity contribution >= 4 is 70.3 Å². The van der Waals surface area contributed by atoms with E-state index in [1.54, 1.807) is 0 Å². The van der Waals surface area contributed by atoms with Crippen LogP contribution in [0.1, 0.15) is 0 Å². The summed E-state index contributed by atoms with van der Waals surface area (Å²) in [5.41, 5.74) is 0. The first-order chi connectivity index (χ1) is 13.3. The van der Waals surface area contributed by atoms with Crippen molar-refractivity contribution in [3.8, 4) is 0 Å². The minimum Gasteiger partial charge on any atom is -0.462 e. The number of rotatable bonds is 9. The molecule has 0 aromatic rings. The Morgan fingerprint density at radius 1 is 0.714 bits per heavy atom. The SMILES string of the molecule is O=C(CCl)OCC1O[C@@H](O)[C@H](OC(=O)CCl)[C@@H](OC(=O)CCl)C1OC(=O)CCl. The lowest BCUT2D eigenvalue weighted by Gasteiger charge is -2.42. The summed E-state index contributed by atoms with van der Waals surface area (Å²) in [7, 11) is 0. The molecule has 1 rings (SSSR count). The van der Waals surface area contributed by atoms with Gasteiger partial charge in [-0.05, 0) is 0 Å². The molecule has 0 spiro atoms. The first-order valence-corrected chi connectivity index (χ1v) is 9.72. The van der Waals surface area contributed by atoms with Crippen LogP contribution in [0.2, 0.25) is 0 Å². The third-order valence-corrected chi connectivity index (χ3v) is 4.13. The van der Waals surface area contributed by atoms with Gasteiger partial charge in [-0.2, -0.15) is 0 Å². The Morgan fingerprint density at radius 2 is 1.14 bits per heavy atom. The van der Waals surface area contributed by atoms with E-state index in [0.29, 0.717) is 0 Å². The van der Waals surface area contributed by atoms with Gasteiger partial charge in [-0.25, -0.2) is 0 Å². The van der Waals surface area contributed by atoms with Crippen molar-refractivity contribution in [3.05, 3.63) is 0 Å². The minimum absolute atomic E-state index is 0.470. The summed E-state index contributed by atoms with van der Waals surface area (Å²) in [6.45, 7) is -0.534. The van der Waals surface area contributed by atoms with E-state index in [-0.39, 0.29) is 0 Å². The summed E-state index contributed by atoms with van der Waals surface area (Å²) in [4.78, 5) is 46.2. The number of carbonyl (C=O) groups is 4. The minimum atomic E-state index is -1.84. The van der Waals surface area contributed by atoms with E-state index in [1.165, 1.54) is 0 Å². The monoisotopic (exact) mass is 484 g/mol. The highest BCUT2D eigenvalue weighted by molar-refractivity contribution is 6.27. The van der Waals surface area contributed by atoms with E-state index in [4.69, 9.17) is 70.1 Å². The lowest BCUT2D eigenvalue weighted by molar-refractivity contribution is -0.295. The van der Waals surface area contributed by atoms with Crippen molar-refractivity contribution < 1.29 is 48.0 Å². The average molecular weight is 486 g/mol. The predicted octanol–water partition coefficient (Wildman–Crippen LogP) is -0.0626. The van der Waals surface area contributed by atoms with Gasteiger partial charge in [-0.1, -0.05) is 0 Å². The highest BCUT2D eigenvalue weighted by Gasteiger charge is 2.52. The average Bonchev–Trinajstić information content (AvgIpc) is 2.69. The summed E-state index contributed by atoms with van der Waals surface area (Å²) in [6, 6.07) is 0. The van der Waals surface area contributed by atoms with Crippen LogP contribution in [0.15, 0.2) is 0 Å². The fourth-order valence-electron chi connectivity index (χ4n) is 2.19. The Labute approximate surface area is 179 Å². The van der Waals surface area contributed by atoms with Crippen LogP contribution in [-0.4, -0.2) is 89.8 Å². The first kappa shape index (κ1) is 25.0. The van der Waals surface area contributed by atoms with Crippen LogP contribution in [0, 0.1) is 0 Å². The Morgan fingerprint density at radius 3 is 1.61 bits per heavy atom. The zero-order valence-electron chi connectivity index (χ0n) is 14.1. The van der Waals surface area contributed by atoms with Crippen LogP contribution in [0.3, 0.4) is 0 Å². The van der Waals surface area contributed by atoms with Crippen molar-refractivity contribution in [3.63, 3.8) is 0 Å². The zero-order valence-corrected chi connectivity index (χ0v) is 17.1. The van der Waals surface area contributed by atoms with Crippen LogP contribution >= 0.6 is 46.4 Å². The van der Waals surface area contributed by atoms with Gasteiger partial charge >= 0.3 is 23.9 Å². The maximum Gasteiger partial charge on any atom is 0.321 e. The summed E-state index contributed by atoms with van der Waals surface area (Å²) < 4.78 is 25.1. The second-order valence-corrected chi connectivity index (χ2v) is 6.22. The van der Waals surface area contributed by atoms with E-state index < -0.39 is 84.7 Å². The first-order valence-electron chi connectivity index (χ1n) is 7.58. The van der Waals surface area contributed by atoms with Gasteiger partial charge in [0, 0.05) is 0 Å². The molecule has 0 bridgehead atoms. The molecule has 0 saturated carbocycles. The number of alkyl halides is 4. The number of esters is 4. The normalized spacial score (nSPS) is 26.8. The largest absolute Gasteiger partial charge is 0.462 e. The van der Waals surface area contributed by atoms with Crippen LogP contribution in [0.5, 0.6) is 0 Å². The van der Waals surface area contributed by atoms with Crippen molar-refractivity contribution in [2.45, 2.75) is 30.7 Å². The van der Waals surface area contributed by atoms with E-state index in [9.17, 15) is 24.3 Å². The molecule has 2 unspecified atom stereocenters. The number of hydrogen-bond acceptors (Lipinski definition) is 10. The maximum absolute atomic E-state index is 11.7. The molecule has 5 atom stereocenters. The Balaban J connectivity index is 3.17. The second kappa shape index (κ2) is 12.5.